The number of piperidine rings is 1. The molecule has 1 saturated carbocycles. The molecule has 0 unspecified atom stereocenters. The minimum atomic E-state index is -5.26. The molecule has 11 heteroatoms. The van der Waals surface area contributed by atoms with Crippen LogP contribution in [0.1, 0.15) is 37.4 Å². The van der Waals surface area contributed by atoms with E-state index in [-0.39, 0.29) is 32.0 Å². The molecule has 6 nitrogen and oxygen atoms in total. The molecular weight excluding hydrogens is 369 g/mol. The number of rotatable bonds is 4. The van der Waals surface area contributed by atoms with Gasteiger partial charge in [0.2, 0.25) is 0 Å². The molecule has 1 aromatic heterocycles. The first-order valence-corrected chi connectivity index (χ1v) is 9.36. The van der Waals surface area contributed by atoms with Crippen LogP contribution in [0.25, 0.3) is 0 Å². The van der Waals surface area contributed by atoms with Gasteiger partial charge < -0.3 is 5.32 Å². The summed E-state index contributed by atoms with van der Waals surface area (Å²) in [4.78, 5) is 8.54. The van der Waals surface area contributed by atoms with Crippen LogP contribution in [0.4, 0.5) is 19.0 Å². The second-order valence-corrected chi connectivity index (χ2v) is 8.29. The predicted octanol–water partition coefficient (Wildman–Crippen LogP) is 2.73. The highest BCUT2D eigenvalue weighted by atomic mass is 35.5. The molecule has 0 bridgehead atoms. The molecule has 134 valence electrons. The average Bonchev–Trinajstić information content (AvgIpc) is 3.30. The van der Waals surface area contributed by atoms with Crippen LogP contribution < -0.4 is 5.32 Å². The Hall–Kier alpha value is -1.13. The van der Waals surface area contributed by atoms with E-state index in [0.717, 1.165) is 12.8 Å². The first-order chi connectivity index (χ1) is 11.2. The summed E-state index contributed by atoms with van der Waals surface area (Å²) in [6.07, 6.45) is 2.56. The van der Waals surface area contributed by atoms with E-state index in [1.807, 2.05) is 0 Å². The number of hydrogen-bond donors (Lipinski definition) is 1. The molecule has 24 heavy (non-hydrogen) atoms. The van der Waals surface area contributed by atoms with Gasteiger partial charge in [-0.3, -0.25) is 0 Å². The smallest absolute Gasteiger partial charge is 0.367 e. The lowest BCUT2D eigenvalue weighted by atomic mass is 10.1. The lowest BCUT2D eigenvalue weighted by Gasteiger charge is -2.32. The summed E-state index contributed by atoms with van der Waals surface area (Å²) >= 11 is 5.97. The van der Waals surface area contributed by atoms with E-state index >= 15 is 0 Å². The van der Waals surface area contributed by atoms with E-state index in [0.29, 0.717) is 27.0 Å². The summed E-state index contributed by atoms with van der Waals surface area (Å²) in [7, 11) is -5.25. The van der Waals surface area contributed by atoms with Crippen LogP contribution in [-0.4, -0.2) is 47.3 Å². The van der Waals surface area contributed by atoms with Gasteiger partial charge in [0.25, 0.3) is 0 Å². The van der Waals surface area contributed by atoms with Crippen LogP contribution in [-0.2, 0) is 10.0 Å². The van der Waals surface area contributed by atoms with Gasteiger partial charge in [-0.1, -0.05) is 11.6 Å². The lowest BCUT2D eigenvalue weighted by molar-refractivity contribution is -0.0494. The number of aromatic nitrogens is 2. The zero-order valence-electron chi connectivity index (χ0n) is 12.6. The van der Waals surface area contributed by atoms with E-state index in [2.05, 4.69) is 15.3 Å². The van der Waals surface area contributed by atoms with Crippen LogP contribution in [0.5, 0.6) is 0 Å². The quantitative estimate of drug-likeness (QED) is 0.808. The summed E-state index contributed by atoms with van der Waals surface area (Å²) in [6, 6.07) is 1.40. The summed E-state index contributed by atoms with van der Waals surface area (Å²) in [5.41, 5.74) is -5.26. The number of hydrogen-bond acceptors (Lipinski definition) is 5. The van der Waals surface area contributed by atoms with Crippen molar-refractivity contribution in [3.05, 3.63) is 17.0 Å². The molecule has 1 aromatic rings. The van der Waals surface area contributed by atoms with Gasteiger partial charge in [-0.15, -0.1) is 0 Å². The van der Waals surface area contributed by atoms with E-state index < -0.39 is 15.5 Å². The normalized spacial score (nSPS) is 21.0. The largest absolute Gasteiger partial charge is 0.511 e. The highest BCUT2D eigenvalue weighted by Gasteiger charge is 2.50. The molecule has 1 saturated heterocycles. The molecule has 3 rings (SSSR count). The van der Waals surface area contributed by atoms with Crippen molar-refractivity contribution >= 4 is 27.4 Å². The van der Waals surface area contributed by atoms with Crippen molar-refractivity contribution in [3.8, 4) is 0 Å². The second-order valence-electron chi connectivity index (χ2n) is 5.98. The summed E-state index contributed by atoms with van der Waals surface area (Å²) < 4.78 is 60.9. The van der Waals surface area contributed by atoms with Gasteiger partial charge in [0.15, 0.2) is 0 Å². The lowest BCUT2D eigenvalue weighted by Crippen LogP contribution is -2.47. The number of nitrogens with zero attached hydrogens (tertiary/aromatic N) is 3. The van der Waals surface area contributed by atoms with Gasteiger partial charge in [0.1, 0.15) is 16.8 Å². The minimum Gasteiger partial charge on any atom is -0.367 e. The second kappa shape index (κ2) is 6.30. The van der Waals surface area contributed by atoms with Gasteiger partial charge in [0, 0.05) is 31.1 Å². The SMILES string of the molecule is O=S(=O)(N1CCC(Nc2cc(Cl)nc(C3CC3)n2)CC1)C(F)(F)F. The third kappa shape index (κ3) is 3.75. The van der Waals surface area contributed by atoms with Crippen molar-refractivity contribution in [1.29, 1.82) is 0 Å². The Balaban J connectivity index is 1.62. The molecule has 2 fully saturated rings. The van der Waals surface area contributed by atoms with Crippen molar-refractivity contribution in [2.24, 2.45) is 0 Å². The molecule has 0 aromatic carbocycles. The van der Waals surface area contributed by atoms with Crippen molar-refractivity contribution in [2.75, 3.05) is 18.4 Å². The van der Waals surface area contributed by atoms with Gasteiger partial charge in [-0.2, -0.15) is 17.5 Å². The number of nitrogens with one attached hydrogen (secondary N) is 1. The van der Waals surface area contributed by atoms with Crippen molar-refractivity contribution < 1.29 is 21.6 Å². The number of alkyl halides is 3. The third-order valence-corrected chi connectivity index (χ3v) is 5.92. The standard InChI is InChI=1S/C13H16ClF3N4O2S/c14-10-7-11(20-12(19-10)8-1-2-8)18-9-3-5-21(6-4-9)24(22,23)13(15,16)17/h7-9H,1-6H2,(H,18,19,20). The molecule has 1 N–H and O–H groups in total. The van der Waals surface area contributed by atoms with Crippen LogP contribution in [0.2, 0.25) is 5.15 Å². The number of halogens is 4. The zero-order chi connectivity index (χ0) is 17.5. The van der Waals surface area contributed by atoms with Crippen molar-refractivity contribution in [3.63, 3.8) is 0 Å². The Kier molecular flexibility index (Phi) is 4.65. The maximum absolute atomic E-state index is 12.6. The van der Waals surface area contributed by atoms with E-state index in [4.69, 9.17) is 11.6 Å². The fraction of sp³-hybridized carbons (Fsp3) is 0.692. The number of sulfonamides is 1. The Morgan fingerprint density at radius 2 is 1.79 bits per heavy atom. The van der Waals surface area contributed by atoms with E-state index in [1.165, 1.54) is 0 Å². The van der Waals surface area contributed by atoms with Gasteiger partial charge in [-0.25, -0.2) is 18.4 Å². The third-order valence-electron chi connectivity index (χ3n) is 4.09. The Bertz CT molecular complexity index is 716. The van der Waals surface area contributed by atoms with Gasteiger partial charge in [-0.05, 0) is 25.7 Å². The molecule has 0 amide bonds. The van der Waals surface area contributed by atoms with Crippen molar-refractivity contribution in [2.45, 2.75) is 43.2 Å². The predicted molar refractivity (Wildman–Crippen MR) is 82.2 cm³/mol. The summed E-state index contributed by atoms with van der Waals surface area (Å²) in [5.74, 6) is 1.51. The molecule has 0 radical (unpaired) electrons. The summed E-state index contributed by atoms with van der Waals surface area (Å²) in [5, 5.41) is 3.43. The molecule has 1 aliphatic carbocycles. The maximum atomic E-state index is 12.6. The maximum Gasteiger partial charge on any atom is 0.511 e. The van der Waals surface area contributed by atoms with Gasteiger partial charge in [0.05, 0.1) is 0 Å². The fourth-order valence-corrected chi connectivity index (χ4v) is 3.80. The fourth-order valence-electron chi connectivity index (χ4n) is 2.63. The Labute approximate surface area is 142 Å². The first-order valence-electron chi connectivity index (χ1n) is 7.54. The molecule has 0 atom stereocenters. The Morgan fingerprint density at radius 1 is 1.17 bits per heavy atom. The monoisotopic (exact) mass is 384 g/mol. The molecule has 2 aliphatic rings. The van der Waals surface area contributed by atoms with Gasteiger partial charge >= 0.3 is 15.5 Å². The first kappa shape index (κ1) is 17.7. The Morgan fingerprint density at radius 3 is 2.33 bits per heavy atom. The average molecular weight is 385 g/mol. The highest BCUT2D eigenvalue weighted by molar-refractivity contribution is 7.90. The summed E-state index contributed by atoms with van der Waals surface area (Å²) in [6.45, 7) is -0.373. The molecule has 2 heterocycles. The molecular formula is C13H16ClF3N4O2S. The number of anilines is 1. The zero-order valence-corrected chi connectivity index (χ0v) is 14.1. The highest BCUT2D eigenvalue weighted by Crippen LogP contribution is 2.39. The van der Waals surface area contributed by atoms with Crippen LogP contribution in [0.3, 0.4) is 0 Å². The topological polar surface area (TPSA) is 75.2 Å². The van der Waals surface area contributed by atoms with Crippen LogP contribution in [0.15, 0.2) is 6.07 Å². The van der Waals surface area contributed by atoms with E-state index in [9.17, 15) is 21.6 Å². The molecule has 0 spiro atoms. The van der Waals surface area contributed by atoms with Crippen molar-refractivity contribution in [1.82, 2.24) is 14.3 Å². The molecule has 1 aliphatic heterocycles. The minimum absolute atomic E-state index is 0.164. The van der Waals surface area contributed by atoms with E-state index in [1.54, 1.807) is 6.07 Å². The van der Waals surface area contributed by atoms with Crippen LogP contribution >= 0.6 is 11.6 Å². The van der Waals surface area contributed by atoms with Crippen LogP contribution in [0, 0.1) is 0 Å².